The molecule has 0 unspecified atom stereocenters. The van der Waals surface area contributed by atoms with E-state index in [1.165, 1.54) is 6.07 Å². The lowest BCUT2D eigenvalue weighted by Crippen LogP contribution is -2.10. The molecule has 0 aliphatic heterocycles. The minimum absolute atomic E-state index is 0.0994. The largest absolute Gasteiger partial charge is 0.398 e. The maximum Gasteiger partial charge on any atom is 0.180 e. The average molecular weight is 322 g/mol. The Hall–Kier alpha value is -0.590. The van der Waals surface area contributed by atoms with Crippen LogP contribution in [0.1, 0.15) is 12.8 Å². The van der Waals surface area contributed by atoms with E-state index in [1.807, 2.05) is 0 Å². The lowest BCUT2D eigenvalue weighted by atomic mass is 10.3. The Morgan fingerprint density at radius 1 is 1.35 bits per heavy atom. The molecule has 0 spiro atoms. The molecule has 0 fully saturated rings. The van der Waals surface area contributed by atoms with Gasteiger partial charge in [0.15, 0.2) is 9.84 Å². The van der Waals surface area contributed by atoms with E-state index in [-0.39, 0.29) is 16.3 Å². The lowest BCUT2D eigenvalue weighted by Gasteiger charge is -2.07. The van der Waals surface area contributed by atoms with Crippen molar-refractivity contribution in [1.82, 2.24) is 0 Å². The fourth-order valence-corrected chi connectivity index (χ4v) is 3.33. The summed E-state index contributed by atoms with van der Waals surface area (Å²) in [5, 5.41) is 0. The van der Waals surface area contributed by atoms with E-state index in [0.29, 0.717) is 13.0 Å². The van der Waals surface area contributed by atoms with E-state index in [1.54, 1.807) is 19.2 Å². The summed E-state index contributed by atoms with van der Waals surface area (Å²) >= 11 is 3.24. The Morgan fingerprint density at radius 2 is 2.06 bits per heavy atom. The minimum Gasteiger partial charge on any atom is -0.398 e. The van der Waals surface area contributed by atoms with E-state index >= 15 is 0 Å². The zero-order chi connectivity index (χ0) is 12.9. The molecule has 0 heterocycles. The van der Waals surface area contributed by atoms with Crippen LogP contribution in [0.5, 0.6) is 0 Å². The quantitative estimate of drug-likeness (QED) is 0.644. The van der Waals surface area contributed by atoms with E-state index in [0.717, 1.165) is 10.9 Å². The van der Waals surface area contributed by atoms with E-state index in [2.05, 4.69) is 15.9 Å². The van der Waals surface area contributed by atoms with Gasteiger partial charge in [-0.05, 0) is 31.0 Å². The van der Waals surface area contributed by atoms with Gasteiger partial charge in [0.2, 0.25) is 0 Å². The molecule has 2 N–H and O–H groups in total. The normalized spacial score (nSPS) is 11.6. The summed E-state index contributed by atoms with van der Waals surface area (Å²) in [5.41, 5.74) is 5.99. The fourth-order valence-electron chi connectivity index (χ4n) is 1.45. The molecule has 17 heavy (non-hydrogen) atoms. The van der Waals surface area contributed by atoms with Crippen molar-refractivity contribution in [2.75, 3.05) is 25.2 Å². The molecule has 0 saturated heterocycles. The van der Waals surface area contributed by atoms with Crippen LogP contribution >= 0.6 is 15.9 Å². The molecule has 0 aliphatic carbocycles. The first-order chi connectivity index (χ1) is 7.97. The number of ether oxygens (including phenoxy) is 1. The summed E-state index contributed by atoms with van der Waals surface area (Å²) in [5.74, 6) is 0.0994. The number of rotatable bonds is 6. The third-order valence-electron chi connectivity index (χ3n) is 2.32. The number of hydrogen-bond acceptors (Lipinski definition) is 4. The van der Waals surface area contributed by atoms with Gasteiger partial charge in [-0.25, -0.2) is 8.42 Å². The summed E-state index contributed by atoms with van der Waals surface area (Å²) in [6.07, 6.45) is 1.30. The van der Waals surface area contributed by atoms with Gasteiger partial charge < -0.3 is 10.5 Å². The van der Waals surface area contributed by atoms with E-state index in [9.17, 15) is 8.42 Å². The molecule has 0 aromatic heterocycles. The molecule has 0 saturated carbocycles. The highest BCUT2D eigenvalue weighted by Gasteiger charge is 2.17. The molecule has 96 valence electrons. The fraction of sp³-hybridized carbons (Fsp3) is 0.455. The molecule has 6 heteroatoms. The van der Waals surface area contributed by atoms with Gasteiger partial charge in [0.1, 0.15) is 0 Å². The average Bonchev–Trinajstić information content (AvgIpc) is 2.24. The van der Waals surface area contributed by atoms with Crippen molar-refractivity contribution in [3.8, 4) is 0 Å². The number of benzene rings is 1. The number of nitrogen functional groups attached to an aromatic ring is 1. The highest BCUT2D eigenvalue weighted by molar-refractivity contribution is 9.10. The van der Waals surface area contributed by atoms with Gasteiger partial charge in [0.25, 0.3) is 0 Å². The van der Waals surface area contributed by atoms with Crippen LogP contribution < -0.4 is 5.73 Å². The van der Waals surface area contributed by atoms with Crippen molar-refractivity contribution in [2.24, 2.45) is 0 Å². The summed E-state index contributed by atoms with van der Waals surface area (Å²) in [6.45, 7) is 0.575. The molecule has 1 aromatic rings. The van der Waals surface area contributed by atoms with Gasteiger partial charge in [-0.1, -0.05) is 15.9 Å². The summed E-state index contributed by atoms with van der Waals surface area (Å²) in [4.78, 5) is 0.207. The highest BCUT2D eigenvalue weighted by Crippen LogP contribution is 2.24. The predicted octanol–water partition coefficient (Wildman–Crippen LogP) is 2.23. The van der Waals surface area contributed by atoms with Gasteiger partial charge >= 0.3 is 0 Å². The Labute approximate surface area is 110 Å². The van der Waals surface area contributed by atoms with Crippen LogP contribution in [0.3, 0.4) is 0 Å². The van der Waals surface area contributed by atoms with Crippen LogP contribution in [0.2, 0.25) is 0 Å². The van der Waals surface area contributed by atoms with Crippen molar-refractivity contribution in [2.45, 2.75) is 17.7 Å². The second kappa shape index (κ2) is 6.37. The van der Waals surface area contributed by atoms with Crippen molar-refractivity contribution >= 4 is 31.5 Å². The van der Waals surface area contributed by atoms with E-state index < -0.39 is 9.84 Å². The number of anilines is 1. The Bertz CT molecular complexity index is 474. The third kappa shape index (κ3) is 4.29. The number of nitrogens with two attached hydrogens (primary N) is 1. The first-order valence-electron chi connectivity index (χ1n) is 5.24. The van der Waals surface area contributed by atoms with Gasteiger partial charge in [0.05, 0.1) is 16.3 Å². The molecular weight excluding hydrogens is 306 g/mol. The van der Waals surface area contributed by atoms with Gasteiger partial charge in [-0.15, -0.1) is 0 Å². The van der Waals surface area contributed by atoms with Crippen molar-refractivity contribution < 1.29 is 13.2 Å². The topological polar surface area (TPSA) is 69.4 Å². The standard InChI is InChI=1S/C11H16BrNO3S/c1-16-6-2-3-7-17(14,15)11-5-4-9(12)8-10(11)13/h4-5,8H,2-3,6-7,13H2,1H3. The van der Waals surface area contributed by atoms with Crippen molar-refractivity contribution in [3.63, 3.8) is 0 Å². The van der Waals surface area contributed by atoms with Crippen LogP contribution in [0.4, 0.5) is 5.69 Å². The third-order valence-corrected chi connectivity index (χ3v) is 4.68. The maximum atomic E-state index is 12.0. The van der Waals surface area contributed by atoms with Crippen LogP contribution in [-0.4, -0.2) is 27.9 Å². The van der Waals surface area contributed by atoms with Crippen LogP contribution in [-0.2, 0) is 14.6 Å². The molecule has 1 rings (SSSR count). The number of sulfone groups is 1. The zero-order valence-electron chi connectivity index (χ0n) is 9.65. The molecule has 0 radical (unpaired) electrons. The number of unbranched alkanes of at least 4 members (excludes halogenated alkanes) is 1. The Balaban J connectivity index is 2.76. The Kier molecular flexibility index (Phi) is 5.42. The second-order valence-electron chi connectivity index (χ2n) is 3.70. The molecule has 0 amide bonds. The molecule has 0 aliphatic rings. The summed E-state index contributed by atoms with van der Waals surface area (Å²) in [7, 11) is -1.69. The summed E-state index contributed by atoms with van der Waals surface area (Å²) in [6, 6.07) is 4.81. The van der Waals surface area contributed by atoms with Crippen LogP contribution in [0.25, 0.3) is 0 Å². The maximum absolute atomic E-state index is 12.0. The summed E-state index contributed by atoms with van der Waals surface area (Å²) < 4.78 is 29.6. The van der Waals surface area contributed by atoms with E-state index in [4.69, 9.17) is 10.5 Å². The van der Waals surface area contributed by atoms with Gasteiger partial charge in [0, 0.05) is 18.2 Å². The second-order valence-corrected chi connectivity index (χ2v) is 6.69. The smallest absolute Gasteiger partial charge is 0.180 e. The number of methoxy groups -OCH3 is 1. The first kappa shape index (κ1) is 14.5. The molecule has 0 bridgehead atoms. The van der Waals surface area contributed by atoms with Crippen LogP contribution in [0.15, 0.2) is 27.6 Å². The predicted molar refractivity (Wildman–Crippen MR) is 71.7 cm³/mol. The van der Waals surface area contributed by atoms with Crippen LogP contribution in [0, 0.1) is 0 Å². The monoisotopic (exact) mass is 321 g/mol. The number of halogens is 1. The lowest BCUT2D eigenvalue weighted by molar-refractivity contribution is 0.194. The molecule has 0 atom stereocenters. The van der Waals surface area contributed by atoms with Gasteiger partial charge in [-0.3, -0.25) is 0 Å². The van der Waals surface area contributed by atoms with Gasteiger partial charge in [-0.2, -0.15) is 0 Å². The van der Waals surface area contributed by atoms with Crippen molar-refractivity contribution in [1.29, 1.82) is 0 Å². The van der Waals surface area contributed by atoms with Crippen molar-refractivity contribution in [3.05, 3.63) is 22.7 Å². The minimum atomic E-state index is -3.29. The first-order valence-corrected chi connectivity index (χ1v) is 7.68. The highest BCUT2D eigenvalue weighted by atomic mass is 79.9. The number of hydrogen-bond donors (Lipinski definition) is 1. The SMILES string of the molecule is COCCCCS(=O)(=O)c1ccc(Br)cc1N. The molecule has 4 nitrogen and oxygen atoms in total. The molecular formula is C11H16BrNO3S. The zero-order valence-corrected chi connectivity index (χ0v) is 12.1. The molecule has 1 aromatic carbocycles. The Morgan fingerprint density at radius 3 is 2.65 bits per heavy atom.